The fourth-order valence-electron chi connectivity index (χ4n) is 10.4. The molecule has 1 unspecified atom stereocenters. The van der Waals surface area contributed by atoms with Crippen LogP contribution >= 0.6 is 0 Å². The van der Waals surface area contributed by atoms with Crippen molar-refractivity contribution in [1.82, 2.24) is 40.4 Å². The summed E-state index contributed by atoms with van der Waals surface area (Å²) in [5.41, 5.74) is 7.00. The number of nitrogens with zero attached hydrogens (tertiary/aromatic N) is 4. The van der Waals surface area contributed by atoms with Crippen LogP contribution in [0.2, 0.25) is 0 Å². The highest BCUT2D eigenvalue weighted by Gasteiger charge is 2.49. The molecule has 15 heteroatoms. The molecule has 5 heterocycles. The van der Waals surface area contributed by atoms with Crippen LogP contribution < -0.4 is 15.4 Å². The second kappa shape index (κ2) is 17.9. The molecular formula is C50H56N8O7. The molecule has 338 valence electrons. The van der Waals surface area contributed by atoms with Crippen LogP contribution in [0.3, 0.4) is 0 Å². The van der Waals surface area contributed by atoms with Crippen molar-refractivity contribution in [1.29, 1.82) is 0 Å². The van der Waals surface area contributed by atoms with Crippen LogP contribution in [0, 0.1) is 11.8 Å². The number of methoxy groups -OCH3 is 2. The lowest BCUT2D eigenvalue weighted by molar-refractivity contribution is -0.138. The zero-order chi connectivity index (χ0) is 45.5. The summed E-state index contributed by atoms with van der Waals surface area (Å²) in [6.07, 6.45) is 13.0. The number of amides is 4. The number of benzene rings is 3. The Morgan fingerprint density at radius 1 is 0.908 bits per heavy atom. The van der Waals surface area contributed by atoms with Crippen molar-refractivity contribution in [3.05, 3.63) is 102 Å². The van der Waals surface area contributed by atoms with E-state index >= 15 is 0 Å². The van der Waals surface area contributed by atoms with Crippen LogP contribution in [0.25, 0.3) is 44.2 Å². The number of fused-ring (bicyclic) bond motifs is 7. The SMILES string of the molecule is C=C(/C=C\C=C/C)[C@@H](NC(=O)OC)C(=O)N1CCCC1c1ncc(-c2ccc3c(c2)COc2cc4c(ccc5[nH]c([C@@H]6C[C@@H]7CCC[C@@H]7N6C(=O)[C@@H](NC(=O)OC)C(C)C)nc54)cc2-3)[nH]1. The molecule has 4 N–H and O–H groups in total. The topological polar surface area (TPSA) is 184 Å². The molecule has 0 spiro atoms. The molecule has 2 aromatic heterocycles. The maximum atomic E-state index is 14.3. The first-order valence-corrected chi connectivity index (χ1v) is 22.5. The van der Waals surface area contributed by atoms with Crippen LogP contribution in [0.15, 0.2) is 85.1 Å². The molecule has 3 aliphatic heterocycles. The van der Waals surface area contributed by atoms with Gasteiger partial charge in [0.05, 0.1) is 49.2 Å². The van der Waals surface area contributed by atoms with E-state index in [4.69, 9.17) is 24.2 Å². The third-order valence-electron chi connectivity index (χ3n) is 13.6. The molecule has 3 fully saturated rings. The molecule has 3 aromatic carbocycles. The number of carbonyl (C=O) groups excluding carboxylic acids is 4. The molecular weight excluding hydrogens is 825 g/mol. The average Bonchev–Trinajstić information content (AvgIpc) is 4.17. The van der Waals surface area contributed by atoms with E-state index in [2.05, 4.69) is 69.6 Å². The summed E-state index contributed by atoms with van der Waals surface area (Å²) in [5, 5.41) is 7.43. The van der Waals surface area contributed by atoms with Gasteiger partial charge < -0.3 is 44.6 Å². The molecule has 65 heavy (non-hydrogen) atoms. The Bertz CT molecular complexity index is 2750. The zero-order valence-electron chi connectivity index (χ0n) is 37.5. The van der Waals surface area contributed by atoms with Crippen molar-refractivity contribution in [2.24, 2.45) is 11.8 Å². The molecule has 2 saturated heterocycles. The summed E-state index contributed by atoms with van der Waals surface area (Å²) in [7, 11) is 2.57. The summed E-state index contributed by atoms with van der Waals surface area (Å²) in [6, 6.07) is 12.5. The van der Waals surface area contributed by atoms with E-state index in [1.165, 1.54) is 14.2 Å². The van der Waals surface area contributed by atoms with Gasteiger partial charge in [-0.3, -0.25) is 9.59 Å². The Hall–Kier alpha value is -6.90. The Morgan fingerprint density at radius 2 is 1.72 bits per heavy atom. The normalized spacial score (nSPS) is 21.1. The Balaban J connectivity index is 0.963. The molecule has 4 aliphatic rings. The van der Waals surface area contributed by atoms with Crippen LogP contribution in [-0.4, -0.2) is 92.6 Å². The standard InChI is InChI=1S/C50H56N8O7/c1-7-8-9-12-28(4)43(56-50(62)64-6)47(59)57-20-11-15-39(57)45-51-25-37(53-45)30-16-18-33-32(21-30)26-65-41-24-34-29(22-35(33)41)17-19-36-44(34)54-46(52-36)40-23-31-13-10-14-38(31)58(40)48(60)42(27(2)3)55-49(61)63-5/h7-9,12,16-19,21-22,24-25,27,31,38-40,42-43H,4,10-11,13-15,20,23,26H2,1-3,5-6H3,(H,51,53)(H,52,54)(H,55,61)(H,56,62)/b8-7-,12-9-/t31-,38-,39?,40-,42-,43+/m0/s1. The van der Waals surface area contributed by atoms with Crippen molar-refractivity contribution >= 4 is 45.8 Å². The van der Waals surface area contributed by atoms with E-state index < -0.39 is 24.3 Å². The first kappa shape index (κ1) is 43.4. The highest BCUT2D eigenvalue weighted by molar-refractivity contribution is 6.07. The predicted molar refractivity (Wildman–Crippen MR) is 247 cm³/mol. The predicted octanol–water partition coefficient (Wildman–Crippen LogP) is 8.56. The lowest BCUT2D eigenvalue weighted by atomic mass is 9.92. The smallest absolute Gasteiger partial charge is 0.407 e. The Morgan fingerprint density at radius 3 is 2.51 bits per heavy atom. The highest BCUT2D eigenvalue weighted by atomic mass is 16.5. The van der Waals surface area contributed by atoms with Gasteiger partial charge in [0.2, 0.25) is 5.91 Å². The van der Waals surface area contributed by atoms with Gasteiger partial charge in [0.15, 0.2) is 0 Å². The van der Waals surface area contributed by atoms with E-state index in [1.54, 1.807) is 23.2 Å². The Kier molecular flexibility index (Phi) is 12.0. The number of rotatable bonds is 11. The first-order chi connectivity index (χ1) is 31.5. The molecule has 1 saturated carbocycles. The van der Waals surface area contributed by atoms with Gasteiger partial charge in [-0.1, -0.05) is 69.4 Å². The molecule has 15 nitrogen and oxygen atoms in total. The van der Waals surface area contributed by atoms with Gasteiger partial charge >= 0.3 is 12.2 Å². The number of nitrogens with one attached hydrogen (secondary N) is 4. The van der Waals surface area contributed by atoms with Crippen LogP contribution in [0.4, 0.5) is 9.59 Å². The lowest BCUT2D eigenvalue weighted by Gasteiger charge is -2.33. The zero-order valence-corrected chi connectivity index (χ0v) is 37.5. The summed E-state index contributed by atoms with van der Waals surface area (Å²) in [4.78, 5) is 73.7. The molecule has 6 atom stereocenters. The molecule has 0 radical (unpaired) electrons. The number of hydrogen-bond acceptors (Lipinski definition) is 9. The molecule has 5 aromatic rings. The van der Waals surface area contributed by atoms with E-state index in [0.717, 1.165) is 93.4 Å². The number of likely N-dealkylation sites (tertiary alicyclic amines) is 2. The second-order valence-electron chi connectivity index (χ2n) is 17.8. The largest absolute Gasteiger partial charge is 0.488 e. The van der Waals surface area contributed by atoms with E-state index in [0.29, 0.717) is 36.9 Å². The number of allylic oxidation sites excluding steroid dienone is 3. The lowest BCUT2D eigenvalue weighted by Crippen LogP contribution is -2.53. The second-order valence-corrected chi connectivity index (χ2v) is 17.8. The van der Waals surface area contributed by atoms with Gasteiger partial charge in [-0.05, 0) is 103 Å². The monoisotopic (exact) mass is 880 g/mol. The molecule has 0 bridgehead atoms. The number of imidazole rings is 2. The number of hydrogen-bond donors (Lipinski definition) is 4. The summed E-state index contributed by atoms with van der Waals surface area (Å²) >= 11 is 0. The van der Waals surface area contributed by atoms with Crippen LogP contribution in [0.1, 0.15) is 88.6 Å². The van der Waals surface area contributed by atoms with Gasteiger partial charge in [-0.2, -0.15) is 0 Å². The highest BCUT2D eigenvalue weighted by Crippen LogP contribution is 2.48. The van der Waals surface area contributed by atoms with E-state index in [9.17, 15) is 19.2 Å². The third-order valence-corrected chi connectivity index (χ3v) is 13.6. The third kappa shape index (κ3) is 8.12. The molecule has 1 aliphatic carbocycles. The van der Waals surface area contributed by atoms with Gasteiger partial charge in [0, 0.05) is 23.5 Å². The average molecular weight is 881 g/mol. The van der Waals surface area contributed by atoms with Crippen molar-refractivity contribution in [3.63, 3.8) is 0 Å². The van der Waals surface area contributed by atoms with Crippen LogP contribution in [-0.2, 0) is 25.7 Å². The molecule has 9 rings (SSSR count). The van der Waals surface area contributed by atoms with Gasteiger partial charge in [0.25, 0.3) is 5.91 Å². The minimum Gasteiger partial charge on any atom is -0.488 e. The van der Waals surface area contributed by atoms with E-state index in [-0.39, 0.29) is 35.9 Å². The number of aromatic nitrogens is 4. The van der Waals surface area contributed by atoms with Crippen molar-refractivity contribution in [3.8, 4) is 28.1 Å². The number of alkyl carbamates (subject to hydrolysis) is 2. The Labute approximate surface area is 377 Å². The quantitative estimate of drug-likeness (QED) is 0.0945. The van der Waals surface area contributed by atoms with Crippen molar-refractivity contribution in [2.45, 2.75) is 96.1 Å². The van der Waals surface area contributed by atoms with E-state index in [1.807, 2.05) is 37.8 Å². The van der Waals surface area contributed by atoms with Gasteiger partial charge in [0.1, 0.15) is 36.1 Å². The number of H-pyrrole nitrogens is 2. The maximum Gasteiger partial charge on any atom is 0.407 e. The first-order valence-electron chi connectivity index (χ1n) is 22.5. The summed E-state index contributed by atoms with van der Waals surface area (Å²) in [5.74, 6) is 2.06. The minimum absolute atomic E-state index is 0.0985. The fourth-order valence-corrected chi connectivity index (χ4v) is 10.4. The van der Waals surface area contributed by atoms with Crippen molar-refractivity contribution < 1.29 is 33.4 Å². The summed E-state index contributed by atoms with van der Waals surface area (Å²) in [6.45, 7) is 10.7. The summed E-state index contributed by atoms with van der Waals surface area (Å²) < 4.78 is 16.2. The number of ether oxygens (including phenoxy) is 3. The van der Waals surface area contributed by atoms with Gasteiger partial charge in [-0.25, -0.2) is 19.6 Å². The number of carbonyl (C=O) groups is 4. The fraction of sp³-hybridized carbons (Fsp3) is 0.400. The maximum absolute atomic E-state index is 14.3. The van der Waals surface area contributed by atoms with Crippen molar-refractivity contribution in [2.75, 3.05) is 20.8 Å². The minimum atomic E-state index is -0.996. The molecule has 4 amide bonds. The van der Waals surface area contributed by atoms with Gasteiger partial charge in [-0.15, -0.1) is 0 Å². The number of aromatic amines is 2. The van der Waals surface area contributed by atoms with Crippen LogP contribution in [0.5, 0.6) is 5.75 Å².